The SMILES string of the molecule is CC(C)c1cc(-c2cccc3c2Nc2ccccc2S3(C)C)c2c(c1)N1c3ccccc3C(c3ccccc3)(c3ccccc3)c3cccc(c31)B2. The minimum absolute atomic E-state index is 0.365. The quantitative estimate of drug-likeness (QED) is 0.185. The molecule has 0 amide bonds. The van der Waals surface area contributed by atoms with E-state index in [1.54, 1.807) is 0 Å². The van der Waals surface area contributed by atoms with Crippen LogP contribution in [0.5, 0.6) is 0 Å². The number of para-hydroxylation sites is 4. The Balaban J connectivity index is 1.27. The van der Waals surface area contributed by atoms with Crippen molar-refractivity contribution in [2.75, 3.05) is 22.7 Å². The van der Waals surface area contributed by atoms with Crippen molar-refractivity contribution in [1.82, 2.24) is 0 Å². The van der Waals surface area contributed by atoms with Crippen molar-refractivity contribution in [2.24, 2.45) is 0 Å². The third-order valence-corrected chi connectivity index (χ3v) is 14.7. The van der Waals surface area contributed by atoms with Crippen LogP contribution in [0.4, 0.5) is 28.4 Å². The normalized spacial score (nSPS) is 15.9. The van der Waals surface area contributed by atoms with E-state index in [1.807, 2.05) is 0 Å². The minimum Gasteiger partial charge on any atom is -0.353 e. The van der Waals surface area contributed by atoms with Crippen LogP contribution in [0.25, 0.3) is 11.1 Å². The average molecular weight is 689 g/mol. The van der Waals surface area contributed by atoms with Gasteiger partial charge in [-0.1, -0.05) is 147 Å². The van der Waals surface area contributed by atoms with E-state index in [0.29, 0.717) is 5.92 Å². The van der Waals surface area contributed by atoms with Crippen LogP contribution < -0.4 is 21.1 Å². The Morgan fingerprint density at radius 2 is 1.23 bits per heavy atom. The molecule has 0 saturated heterocycles. The van der Waals surface area contributed by atoms with Gasteiger partial charge >= 0.3 is 0 Å². The van der Waals surface area contributed by atoms with Crippen LogP contribution in [0.3, 0.4) is 0 Å². The Labute approximate surface area is 309 Å². The monoisotopic (exact) mass is 688 g/mol. The molecule has 0 radical (unpaired) electrons. The summed E-state index contributed by atoms with van der Waals surface area (Å²) in [5.41, 5.74) is 17.8. The Morgan fingerprint density at radius 1 is 0.596 bits per heavy atom. The molecule has 7 aromatic rings. The van der Waals surface area contributed by atoms with E-state index >= 15 is 0 Å². The molecule has 252 valence electrons. The molecule has 0 fully saturated rings. The molecule has 2 nitrogen and oxygen atoms in total. The molecule has 0 atom stereocenters. The first-order valence-corrected chi connectivity index (χ1v) is 20.9. The fourth-order valence-corrected chi connectivity index (χ4v) is 11.8. The van der Waals surface area contributed by atoms with Crippen LogP contribution in [0.2, 0.25) is 0 Å². The number of benzene rings is 7. The first kappa shape index (κ1) is 31.3. The highest BCUT2D eigenvalue weighted by Gasteiger charge is 2.48. The predicted molar refractivity (Wildman–Crippen MR) is 225 cm³/mol. The van der Waals surface area contributed by atoms with Gasteiger partial charge in [0.25, 0.3) is 0 Å². The van der Waals surface area contributed by atoms with Gasteiger partial charge in [-0.25, -0.2) is 0 Å². The molecule has 3 aliphatic rings. The molecule has 7 aromatic carbocycles. The van der Waals surface area contributed by atoms with E-state index in [1.165, 1.54) is 88.1 Å². The van der Waals surface area contributed by atoms with Crippen molar-refractivity contribution in [3.8, 4) is 11.1 Å². The molecule has 10 rings (SSSR count). The fourth-order valence-electron chi connectivity index (χ4n) is 9.37. The van der Waals surface area contributed by atoms with Crippen molar-refractivity contribution < 1.29 is 0 Å². The molecule has 0 bridgehead atoms. The summed E-state index contributed by atoms with van der Waals surface area (Å²) in [6.45, 7) is 4.66. The zero-order valence-electron chi connectivity index (χ0n) is 30.2. The predicted octanol–water partition coefficient (Wildman–Crippen LogP) is 10.9. The maximum atomic E-state index is 3.95. The smallest absolute Gasteiger partial charge is 0.198 e. The summed E-state index contributed by atoms with van der Waals surface area (Å²) >= 11 is 0. The molecule has 1 N–H and O–H groups in total. The Kier molecular flexibility index (Phi) is 6.94. The highest BCUT2D eigenvalue weighted by atomic mass is 32.3. The van der Waals surface area contributed by atoms with Crippen molar-refractivity contribution in [2.45, 2.75) is 35.0 Å². The maximum Gasteiger partial charge on any atom is 0.198 e. The summed E-state index contributed by atoms with van der Waals surface area (Å²) in [6.07, 6.45) is 4.90. The molecule has 0 spiro atoms. The largest absolute Gasteiger partial charge is 0.353 e. The van der Waals surface area contributed by atoms with Crippen LogP contribution in [0.15, 0.2) is 168 Å². The molecule has 0 saturated carbocycles. The maximum absolute atomic E-state index is 3.95. The second-order valence-corrected chi connectivity index (χ2v) is 18.7. The molecule has 0 aromatic heterocycles. The summed E-state index contributed by atoms with van der Waals surface area (Å²) in [5, 5.41) is 3.95. The van der Waals surface area contributed by atoms with Crippen molar-refractivity contribution in [3.05, 3.63) is 186 Å². The van der Waals surface area contributed by atoms with Gasteiger partial charge in [-0.05, 0) is 87.6 Å². The summed E-state index contributed by atoms with van der Waals surface area (Å²) in [7, 11) is -0.357. The molecular formula is C48H41BN2S. The second-order valence-electron chi connectivity index (χ2n) is 15.2. The van der Waals surface area contributed by atoms with Gasteiger partial charge in [-0.2, -0.15) is 10.0 Å². The number of fused-ring (bicyclic) bond motifs is 6. The highest BCUT2D eigenvalue weighted by molar-refractivity contribution is 8.33. The van der Waals surface area contributed by atoms with Gasteiger partial charge in [0.1, 0.15) is 0 Å². The van der Waals surface area contributed by atoms with E-state index < -0.39 is 15.4 Å². The van der Waals surface area contributed by atoms with Crippen molar-refractivity contribution in [1.29, 1.82) is 0 Å². The van der Waals surface area contributed by atoms with Crippen LogP contribution in [0.1, 0.15) is 47.6 Å². The van der Waals surface area contributed by atoms with E-state index in [9.17, 15) is 0 Å². The van der Waals surface area contributed by atoms with Gasteiger partial charge < -0.3 is 10.2 Å². The average Bonchev–Trinajstić information content (AvgIpc) is 3.18. The van der Waals surface area contributed by atoms with E-state index in [4.69, 9.17) is 0 Å². The summed E-state index contributed by atoms with van der Waals surface area (Å²) in [4.78, 5) is 5.46. The lowest BCUT2D eigenvalue weighted by molar-refractivity contribution is 0.732. The second kappa shape index (κ2) is 11.5. The summed E-state index contributed by atoms with van der Waals surface area (Å²) in [6, 6.07) is 59.4. The van der Waals surface area contributed by atoms with Gasteiger partial charge in [0, 0.05) is 26.7 Å². The zero-order chi connectivity index (χ0) is 35.2. The standard InChI is InChI=1S/C48H41BN2S/c1-31(2)32-29-36(35-21-15-28-44-46(35)50-40-25-12-14-27-43(40)52(44,3)4)45-42(30-32)51-41-26-13-11-22-37(41)48(33-17-7-5-8-18-33,34-19-9-6-10-20-34)38-23-16-24-39(49-45)47(38)51/h5-31,49-50H,1-4H3. The number of nitrogens with zero attached hydrogens (tertiary/aromatic N) is 1. The van der Waals surface area contributed by atoms with Gasteiger partial charge in [-0.3, -0.25) is 0 Å². The van der Waals surface area contributed by atoms with Gasteiger partial charge in [0.15, 0.2) is 7.28 Å². The Morgan fingerprint density at radius 3 is 1.98 bits per heavy atom. The number of hydrogen-bond acceptors (Lipinski definition) is 2. The molecule has 4 heteroatoms. The minimum atomic E-state index is -1.22. The van der Waals surface area contributed by atoms with Crippen molar-refractivity contribution >= 4 is 56.7 Å². The lowest BCUT2D eigenvalue weighted by atomic mass is 9.54. The first-order chi connectivity index (χ1) is 25.4. The Bertz CT molecular complexity index is 2500. The lowest BCUT2D eigenvalue weighted by Gasteiger charge is -2.49. The number of nitrogens with one attached hydrogen (secondary N) is 1. The van der Waals surface area contributed by atoms with E-state index in [-0.39, 0.29) is 0 Å². The van der Waals surface area contributed by atoms with Gasteiger partial charge in [0.2, 0.25) is 0 Å². The topological polar surface area (TPSA) is 15.3 Å². The Hall–Kier alpha value is -5.45. The third-order valence-electron chi connectivity index (χ3n) is 11.8. The lowest BCUT2D eigenvalue weighted by Crippen LogP contribution is -2.47. The molecule has 52 heavy (non-hydrogen) atoms. The molecule has 3 aliphatic heterocycles. The molecule has 3 heterocycles. The summed E-state index contributed by atoms with van der Waals surface area (Å²) < 4.78 is 0. The molecule has 0 aliphatic carbocycles. The van der Waals surface area contributed by atoms with Crippen molar-refractivity contribution in [3.63, 3.8) is 0 Å². The van der Waals surface area contributed by atoms with Crippen LogP contribution >= 0.6 is 10.0 Å². The molecule has 0 unspecified atom stereocenters. The van der Waals surface area contributed by atoms with E-state index in [2.05, 4.69) is 194 Å². The fraction of sp³-hybridized carbons (Fsp3) is 0.125. The number of rotatable bonds is 4. The van der Waals surface area contributed by atoms with Gasteiger partial charge in [0.05, 0.1) is 22.5 Å². The third kappa shape index (κ3) is 4.28. The highest BCUT2D eigenvalue weighted by Crippen LogP contribution is 2.66. The van der Waals surface area contributed by atoms with Crippen LogP contribution in [0, 0.1) is 0 Å². The summed E-state index contributed by atoms with van der Waals surface area (Å²) in [5.74, 6) is 0.365. The van der Waals surface area contributed by atoms with Crippen LogP contribution in [-0.4, -0.2) is 19.8 Å². The zero-order valence-corrected chi connectivity index (χ0v) is 31.0. The number of hydrogen-bond donors (Lipinski definition) is 1. The van der Waals surface area contributed by atoms with Gasteiger partial charge in [-0.15, -0.1) is 0 Å². The van der Waals surface area contributed by atoms with Crippen LogP contribution in [-0.2, 0) is 5.41 Å². The molecular weight excluding hydrogens is 647 g/mol. The van der Waals surface area contributed by atoms with E-state index in [0.717, 1.165) is 7.28 Å². The first-order valence-electron chi connectivity index (χ1n) is 18.4. The number of anilines is 5.